The van der Waals surface area contributed by atoms with E-state index in [9.17, 15) is 0 Å². The number of anilines is 2. The van der Waals surface area contributed by atoms with E-state index in [1.807, 2.05) is 62.4 Å². The van der Waals surface area contributed by atoms with Crippen LogP contribution in [0, 0.1) is 0 Å². The van der Waals surface area contributed by atoms with Crippen LogP contribution in [-0.2, 0) is 0 Å². The van der Waals surface area contributed by atoms with Gasteiger partial charge in [0.1, 0.15) is 5.75 Å². The molecule has 0 aliphatic heterocycles. The van der Waals surface area contributed by atoms with E-state index in [1.165, 1.54) is 0 Å². The molecule has 0 bridgehead atoms. The molecule has 3 nitrogen and oxygen atoms in total. The molecule has 1 heterocycles. The summed E-state index contributed by atoms with van der Waals surface area (Å²) in [7, 11) is 1.66. The number of hydrogen-bond donors (Lipinski definition) is 1. The molecule has 0 saturated carbocycles. The maximum absolute atomic E-state index is 5.99. The first-order valence-electron chi connectivity index (χ1n) is 7.21. The Morgan fingerprint density at radius 3 is 2.41 bits per heavy atom. The van der Waals surface area contributed by atoms with Gasteiger partial charge in [0.05, 0.1) is 12.6 Å². The molecule has 3 rings (SSSR count). The molecular weight excluding hydrogens is 296 g/mol. The molecule has 1 aromatic heterocycles. The second-order valence-corrected chi connectivity index (χ2v) is 4.81. The normalized spacial score (nSPS) is 9.82. The highest BCUT2D eigenvalue weighted by Crippen LogP contribution is 2.27. The summed E-state index contributed by atoms with van der Waals surface area (Å²) in [6.07, 6.45) is 1.77. The Bertz CT molecular complexity index is 742. The van der Waals surface area contributed by atoms with Crippen LogP contribution in [0.3, 0.4) is 0 Å². The number of nitrogens with one attached hydrogen (secondary N) is 1. The van der Waals surface area contributed by atoms with Crippen LogP contribution < -0.4 is 10.1 Å². The Morgan fingerprint density at radius 1 is 1.00 bits per heavy atom. The SMILES string of the molecule is CC.COc1ccc(Nc2ccnc3cc(Cl)ccc23)cc1. The number of rotatable bonds is 3. The van der Waals surface area contributed by atoms with Crippen molar-refractivity contribution in [2.24, 2.45) is 0 Å². The van der Waals surface area contributed by atoms with E-state index < -0.39 is 0 Å². The van der Waals surface area contributed by atoms with Crippen LogP contribution in [-0.4, -0.2) is 12.1 Å². The number of hydrogen-bond acceptors (Lipinski definition) is 3. The van der Waals surface area contributed by atoms with Crippen molar-refractivity contribution in [3.8, 4) is 5.75 Å². The minimum atomic E-state index is 0.687. The zero-order chi connectivity index (χ0) is 15.9. The van der Waals surface area contributed by atoms with E-state index in [2.05, 4.69) is 10.3 Å². The molecule has 0 aliphatic carbocycles. The first-order chi connectivity index (χ1) is 10.8. The monoisotopic (exact) mass is 314 g/mol. The van der Waals surface area contributed by atoms with Gasteiger partial charge in [-0.2, -0.15) is 0 Å². The van der Waals surface area contributed by atoms with Gasteiger partial charge in [-0.05, 0) is 48.5 Å². The fourth-order valence-electron chi connectivity index (χ4n) is 2.06. The zero-order valence-corrected chi connectivity index (χ0v) is 13.7. The summed E-state index contributed by atoms with van der Waals surface area (Å²) in [5.74, 6) is 0.835. The average Bonchev–Trinajstić information content (AvgIpc) is 2.57. The molecule has 0 aliphatic rings. The quantitative estimate of drug-likeness (QED) is 0.676. The highest BCUT2D eigenvalue weighted by atomic mass is 35.5. The topological polar surface area (TPSA) is 34.1 Å². The second kappa shape index (κ2) is 7.66. The van der Waals surface area contributed by atoms with E-state index in [0.29, 0.717) is 5.02 Å². The summed E-state index contributed by atoms with van der Waals surface area (Å²) >= 11 is 5.99. The number of fused-ring (bicyclic) bond motifs is 1. The summed E-state index contributed by atoms with van der Waals surface area (Å²) in [5.41, 5.74) is 2.86. The fraction of sp³-hybridized carbons (Fsp3) is 0.167. The molecule has 0 spiro atoms. The maximum atomic E-state index is 5.99. The number of methoxy groups -OCH3 is 1. The van der Waals surface area contributed by atoms with Crippen molar-refractivity contribution in [1.82, 2.24) is 4.98 Å². The van der Waals surface area contributed by atoms with Gasteiger partial charge in [-0.1, -0.05) is 25.4 Å². The molecule has 1 N–H and O–H groups in total. The number of pyridine rings is 1. The highest BCUT2D eigenvalue weighted by Gasteiger charge is 2.03. The van der Waals surface area contributed by atoms with Crippen molar-refractivity contribution >= 4 is 33.9 Å². The van der Waals surface area contributed by atoms with E-state index in [1.54, 1.807) is 13.3 Å². The maximum Gasteiger partial charge on any atom is 0.119 e. The molecule has 0 fully saturated rings. The third-order valence-corrected chi connectivity index (χ3v) is 3.31. The summed E-state index contributed by atoms with van der Waals surface area (Å²) in [6, 6.07) is 15.4. The van der Waals surface area contributed by atoms with Gasteiger partial charge in [0.2, 0.25) is 0 Å². The standard InChI is InChI=1S/C16H13ClN2O.C2H6/c1-20-13-5-3-12(4-6-13)19-15-8-9-18-16-10-11(17)2-7-14(15)16;1-2/h2-10H,1H3,(H,18,19);1-2H3. The third kappa shape index (κ3) is 3.68. The molecule has 0 radical (unpaired) electrons. The van der Waals surface area contributed by atoms with Gasteiger partial charge < -0.3 is 10.1 Å². The number of benzene rings is 2. The molecule has 2 aromatic carbocycles. The summed E-state index contributed by atoms with van der Waals surface area (Å²) in [4.78, 5) is 4.33. The lowest BCUT2D eigenvalue weighted by molar-refractivity contribution is 0.415. The van der Waals surface area contributed by atoms with Crippen LogP contribution in [0.1, 0.15) is 13.8 Å². The minimum absolute atomic E-state index is 0.687. The van der Waals surface area contributed by atoms with Crippen molar-refractivity contribution in [2.75, 3.05) is 12.4 Å². The molecular formula is C18H19ClN2O. The van der Waals surface area contributed by atoms with Gasteiger partial charge >= 0.3 is 0 Å². The van der Waals surface area contributed by atoms with Gasteiger partial charge in [-0.25, -0.2) is 0 Å². The Labute approximate surface area is 135 Å². The van der Waals surface area contributed by atoms with Crippen molar-refractivity contribution in [3.63, 3.8) is 0 Å². The van der Waals surface area contributed by atoms with Crippen LogP contribution in [0.2, 0.25) is 5.02 Å². The molecule has 0 amide bonds. The van der Waals surface area contributed by atoms with Crippen molar-refractivity contribution in [1.29, 1.82) is 0 Å². The summed E-state index contributed by atoms with van der Waals surface area (Å²) in [6.45, 7) is 4.00. The van der Waals surface area contributed by atoms with E-state index in [0.717, 1.165) is 28.0 Å². The van der Waals surface area contributed by atoms with Gasteiger partial charge in [0.15, 0.2) is 0 Å². The second-order valence-electron chi connectivity index (χ2n) is 4.37. The number of halogens is 1. The predicted molar refractivity (Wildman–Crippen MR) is 94.4 cm³/mol. The smallest absolute Gasteiger partial charge is 0.119 e. The first kappa shape index (κ1) is 16.1. The molecule has 4 heteroatoms. The molecule has 22 heavy (non-hydrogen) atoms. The lowest BCUT2D eigenvalue weighted by Crippen LogP contribution is -1.92. The Kier molecular flexibility index (Phi) is 5.61. The largest absolute Gasteiger partial charge is 0.497 e. The Balaban J connectivity index is 0.000000847. The van der Waals surface area contributed by atoms with Crippen LogP contribution in [0.15, 0.2) is 54.7 Å². The zero-order valence-electron chi connectivity index (χ0n) is 12.9. The van der Waals surface area contributed by atoms with Gasteiger partial charge in [-0.3, -0.25) is 4.98 Å². The van der Waals surface area contributed by atoms with Crippen LogP contribution in [0.4, 0.5) is 11.4 Å². The lowest BCUT2D eigenvalue weighted by Gasteiger charge is -2.10. The molecule has 0 unspecified atom stereocenters. The third-order valence-electron chi connectivity index (χ3n) is 3.07. The molecule has 3 aromatic rings. The average molecular weight is 315 g/mol. The van der Waals surface area contributed by atoms with Gasteiger partial charge in [0, 0.05) is 28.0 Å². The van der Waals surface area contributed by atoms with Crippen LogP contribution >= 0.6 is 11.6 Å². The Morgan fingerprint density at radius 2 is 1.73 bits per heavy atom. The summed E-state index contributed by atoms with van der Waals surface area (Å²) in [5, 5.41) is 5.10. The fourth-order valence-corrected chi connectivity index (χ4v) is 2.23. The van der Waals surface area contributed by atoms with E-state index in [4.69, 9.17) is 16.3 Å². The van der Waals surface area contributed by atoms with Crippen molar-refractivity contribution in [2.45, 2.75) is 13.8 Å². The Hall–Kier alpha value is -2.26. The molecule has 0 atom stereocenters. The number of ether oxygens (including phenoxy) is 1. The van der Waals surface area contributed by atoms with E-state index >= 15 is 0 Å². The van der Waals surface area contributed by atoms with Crippen LogP contribution in [0.5, 0.6) is 5.75 Å². The highest BCUT2D eigenvalue weighted by molar-refractivity contribution is 6.31. The number of nitrogens with zero attached hydrogens (tertiary/aromatic N) is 1. The van der Waals surface area contributed by atoms with Crippen molar-refractivity contribution in [3.05, 3.63) is 59.8 Å². The van der Waals surface area contributed by atoms with Crippen molar-refractivity contribution < 1.29 is 4.74 Å². The molecule has 0 saturated heterocycles. The first-order valence-corrected chi connectivity index (χ1v) is 7.59. The van der Waals surface area contributed by atoms with E-state index in [-0.39, 0.29) is 0 Å². The summed E-state index contributed by atoms with van der Waals surface area (Å²) < 4.78 is 5.15. The molecule has 114 valence electrons. The van der Waals surface area contributed by atoms with Gasteiger partial charge in [-0.15, -0.1) is 0 Å². The lowest BCUT2D eigenvalue weighted by atomic mass is 10.2. The van der Waals surface area contributed by atoms with Crippen LogP contribution in [0.25, 0.3) is 10.9 Å². The minimum Gasteiger partial charge on any atom is -0.497 e. The van der Waals surface area contributed by atoms with Gasteiger partial charge in [0.25, 0.3) is 0 Å². The predicted octanol–water partition coefficient (Wildman–Crippen LogP) is 5.67. The number of aromatic nitrogens is 1.